The Bertz CT molecular complexity index is 1100. The third-order valence-electron chi connectivity index (χ3n) is 4.33. The Morgan fingerprint density at radius 3 is 2.61 bits per heavy atom. The number of morpholine rings is 1. The molecule has 0 radical (unpaired) electrons. The molecule has 0 spiro atoms. The van der Waals surface area contributed by atoms with Gasteiger partial charge in [0.25, 0.3) is 5.91 Å². The lowest BCUT2D eigenvalue weighted by Crippen LogP contribution is -2.40. The average molecular weight is 581 g/mol. The smallest absolute Gasteiger partial charge is 0.342 e. The lowest BCUT2D eigenvalue weighted by molar-refractivity contribution is -0.119. The number of nitrogens with zero attached hydrogens (tertiary/aromatic N) is 1. The van der Waals surface area contributed by atoms with Crippen molar-refractivity contribution in [1.29, 1.82) is 0 Å². The van der Waals surface area contributed by atoms with Crippen LogP contribution in [0.4, 0.5) is 5.69 Å². The summed E-state index contributed by atoms with van der Waals surface area (Å²) in [7, 11) is -3.78. The number of amides is 1. The van der Waals surface area contributed by atoms with Gasteiger partial charge in [0.1, 0.15) is 11.3 Å². The lowest BCUT2D eigenvalue weighted by atomic mass is 10.2. The minimum absolute atomic E-state index is 0.0325. The summed E-state index contributed by atoms with van der Waals surface area (Å²) >= 11 is 8.06. The monoisotopic (exact) mass is 580 g/mol. The van der Waals surface area contributed by atoms with Gasteiger partial charge in [-0.05, 0) is 59.0 Å². The summed E-state index contributed by atoms with van der Waals surface area (Å²) in [5, 5.41) is 12.3. The number of anilines is 1. The number of halogens is 2. The number of benzene rings is 2. The van der Waals surface area contributed by atoms with Gasteiger partial charge in [0, 0.05) is 16.7 Å². The van der Waals surface area contributed by atoms with Crippen LogP contribution in [0, 0.1) is 3.57 Å². The number of esters is 1. The second-order valence-corrected chi connectivity index (χ2v) is 10.0. The number of phenolic OH excluding ortho intramolecular Hbond substituents is 1. The van der Waals surface area contributed by atoms with E-state index in [2.05, 4.69) is 5.32 Å². The first-order chi connectivity index (χ1) is 14.7. The summed E-state index contributed by atoms with van der Waals surface area (Å²) in [5.41, 5.74) is -0.00880. The van der Waals surface area contributed by atoms with Crippen molar-refractivity contribution in [1.82, 2.24) is 4.31 Å². The molecule has 0 unspecified atom stereocenters. The van der Waals surface area contributed by atoms with E-state index in [9.17, 15) is 23.1 Å². The normalized spacial score (nSPS) is 14.8. The fourth-order valence-electron chi connectivity index (χ4n) is 2.76. The van der Waals surface area contributed by atoms with Gasteiger partial charge in [-0.3, -0.25) is 4.79 Å². The number of hydrogen-bond acceptors (Lipinski definition) is 7. The molecule has 1 saturated heterocycles. The van der Waals surface area contributed by atoms with Crippen molar-refractivity contribution in [2.45, 2.75) is 4.90 Å². The Hall–Kier alpha value is -1.93. The third kappa shape index (κ3) is 5.86. The van der Waals surface area contributed by atoms with Crippen LogP contribution in [0.2, 0.25) is 5.02 Å². The molecule has 2 aromatic rings. The summed E-state index contributed by atoms with van der Waals surface area (Å²) in [4.78, 5) is 24.3. The maximum Gasteiger partial charge on any atom is 0.342 e. The first kappa shape index (κ1) is 23.7. The second kappa shape index (κ2) is 10.1. The van der Waals surface area contributed by atoms with Crippen molar-refractivity contribution < 1.29 is 32.6 Å². The predicted molar refractivity (Wildman–Crippen MR) is 121 cm³/mol. The van der Waals surface area contributed by atoms with Gasteiger partial charge >= 0.3 is 5.97 Å². The van der Waals surface area contributed by atoms with Crippen LogP contribution in [0.25, 0.3) is 0 Å². The molecule has 166 valence electrons. The number of hydrogen-bond donors (Lipinski definition) is 2. The van der Waals surface area contributed by atoms with Gasteiger partial charge in [0.05, 0.1) is 28.8 Å². The van der Waals surface area contributed by atoms with Crippen molar-refractivity contribution >= 4 is 61.8 Å². The molecule has 1 amide bonds. The van der Waals surface area contributed by atoms with Gasteiger partial charge in [0.15, 0.2) is 6.61 Å². The number of nitrogens with one attached hydrogen (secondary N) is 1. The lowest BCUT2D eigenvalue weighted by Gasteiger charge is -2.26. The molecule has 12 heteroatoms. The Kier molecular flexibility index (Phi) is 7.75. The number of phenols is 1. The van der Waals surface area contributed by atoms with E-state index in [1.54, 1.807) is 6.07 Å². The van der Waals surface area contributed by atoms with Crippen LogP contribution in [0.1, 0.15) is 10.4 Å². The van der Waals surface area contributed by atoms with Crippen LogP contribution in [0.5, 0.6) is 5.75 Å². The molecule has 1 fully saturated rings. The summed E-state index contributed by atoms with van der Waals surface area (Å²) in [5.74, 6) is -1.86. The van der Waals surface area contributed by atoms with E-state index in [1.165, 1.54) is 34.6 Å². The van der Waals surface area contributed by atoms with Gasteiger partial charge in [-0.1, -0.05) is 11.6 Å². The summed E-state index contributed by atoms with van der Waals surface area (Å²) in [6, 6.07) is 8.34. The molecule has 0 atom stereocenters. The number of rotatable bonds is 6. The highest BCUT2D eigenvalue weighted by molar-refractivity contribution is 14.1. The highest BCUT2D eigenvalue weighted by Gasteiger charge is 2.27. The number of ether oxygens (including phenoxy) is 2. The maximum absolute atomic E-state index is 12.8. The largest absolute Gasteiger partial charge is 0.507 e. The van der Waals surface area contributed by atoms with Crippen molar-refractivity contribution in [3.63, 3.8) is 0 Å². The maximum atomic E-state index is 12.8. The van der Waals surface area contributed by atoms with E-state index in [-0.39, 0.29) is 40.0 Å². The molecule has 0 aliphatic carbocycles. The minimum atomic E-state index is -3.78. The SMILES string of the molecule is O=C(COC(=O)c1cc(I)ccc1O)Nc1cc(S(=O)(=O)N2CCOCC2)ccc1Cl. The highest BCUT2D eigenvalue weighted by Crippen LogP contribution is 2.27. The summed E-state index contributed by atoms with van der Waals surface area (Å²) in [6.07, 6.45) is 0. The molecule has 31 heavy (non-hydrogen) atoms. The van der Waals surface area contributed by atoms with Crippen LogP contribution < -0.4 is 5.32 Å². The van der Waals surface area contributed by atoms with Gasteiger partial charge in [0.2, 0.25) is 10.0 Å². The molecule has 0 aromatic heterocycles. The van der Waals surface area contributed by atoms with Crippen molar-refractivity contribution in [3.05, 3.63) is 50.6 Å². The van der Waals surface area contributed by atoms with Gasteiger partial charge in [-0.25, -0.2) is 13.2 Å². The van der Waals surface area contributed by atoms with Gasteiger partial charge in [-0.15, -0.1) is 0 Å². The summed E-state index contributed by atoms with van der Waals surface area (Å²) in [6.45, 7) is 0.415. The number of sulfonamides is 1. The van der Waals surface area contributed by atoms with Crippen LogP contribution in [-0.4, -0.2) is 62.6 Å². The van der Waals surface area contributed by atoms with E-state index in [0.29, 0.717) is 16.8 Å². The van der Waals surface area contributed by atoms with Crippen LogP contribution in [0.15, 0.2) is 41.3 Å². The van der Waals surface area contributed by atoms with Crippen LogP contribution in [-0.2, 0) is 24.3 Å². The molecule has 2 aromatic carbocycles. The van der Waals surface area contributed by atoms with Crippen molar-refractivity contribution in [3.8, 4) is 5.75 Å². The highest BCUT2D eigenvalue weighted by atomic mass is 127. The van der Waals surface area contributed by atoms with E-state index >= 15 is 0 Å². The van der Waals surface area contributed by atoms with Crippen LogP contribution in [0.3, 0.4) is 0 Å². The van der Waals surface area contributed by atoms with Gasteiger partial charge in [-0.2, -0.15) is 4.31 Å². The number of carbonyl (C=O) groups is 2. The fourth-order valence-corrected chi connectivity index (χ4v) is 4.85. The molecule has 1 aliphatic heterocycles. The molecule has 3 rings (SSSR count). The van der Waals surface area contributed by atoms with E-state index in [1.807, 2.05) is 22.6 Å². The minimum Gasteiger partial charge on any atom is -0.507 e. The average Bonchev–Trinajstić information content (AvgIpc) is 2.75. The van der Waals surface area contributed by atoms with Crippen LogP contribution >= 0.6 is 34.2 Å². The first-order valence-corrected chi connectivity index (χ1v) is 11.9. The zero-order chi connectivity index (χ0) is 22.6. The molecule has 2 N–H and O–H groups in total. The first-order valence-electron chi connectivity index (χ1n) is 9.01. The van der Waals surface area contributed by atoms with Crippen molar-refractivity contribution in [2.75, 3.05) is 38.2 Å². The molecular formula is C19H18ClIN2O7S. The molecule has 1 aliphatic rings. The third-order valence-corrected chi connectivity index (χ3v) is 7.23. The second-order valence-electron chi connectivity index (χ2n) is 6.44. The molecule has 0 bridgehead atoms. The standard InChI is InChI=1S/C19H18ClIN2O7S/c20-15-3-2-13(31(27,28)23-5-7-29-8-6-23)10-16(15)22-18(25)11-30-19(26)14-9-12(21)1-4-17(14)24/h1-4,9-10,24H,5-8,11H2,(H,22,25). The van der Waals surface area contributed by atoms with E-state index < -0.39 is 28.5 Å². The zero-order valence-electron chi connectivity index (χ0n) is 16.0. The van der Waals surface area contributed by atoms with E-state index in [0.717, 1.165) is 0 Å². The Morgan fingerprint density at radius 1 is 1.19 bits per heavy atom. The predicted octanol–water partition coefficient (Wildman–Crippen LogP) is 2.47. The fraction of sp³-hybridized carbons (Fsp3) is 0.263. The number of carbonyl (C=O) groups excluding carboxylic acids is 2. The molecule has 9 nitrogen and oxygen atoms in total. The molecule has 0 saturated carbocycles. The topological polar surface area (TPSA) is 122 Å². The molecule has 1 heterocycles. The van der Waals surface area contributed by atoms with Crippen molar-refractivity contribution in [2.24, 2.45) is 0 Å². The van der Waals surface area contributed by atoms with Gasteiger partial charge < -0.3 is 19.9 Å². The Labute approximate surface area is 197 Å². The number of aromatic hydroxyl groups is 1. The quantitative estimate of drug-likeness (QED) is 0.398. The zero-order valence-corrected chi connectivity index (χ0v) is 19.7. The summed E-state index contributed by atoms with van der Waals surface area (Å²) < 4.78 is 37.7. The van der Waals surface area contributed by atoms with E-state index in [4.69, 9.17) is 21.1 Å². The Balaban J connectivity index is 1.68. The molecular weight excluding hydrogens is 563 g/mol. The Morgan fingerprint density at radius 2 is 1.90 bits per heavy atom.